The fourth-order valence-electron chi connectivity index (χ4n) is 4.57. The van der Waals surface area contributed by atoms with Crippen LogP contribution in [-0.2, 0) is 16.0 Å². The van der Waals surface area contributed by atoms with Gasteiger partial charge in [-0.3, -0.25) is 9.59 Å². The van der Waals surface area contributed by atoms with Gasteiger partial charge in [0.05, 0.1) is 15.2 Å². The van der Waals surface area contributed by atoms with Crippen LogP contribution >= 0.6 is 11.3 Å². The van der Waals surface area contributed by atoms with E-state index >= 15 is 0 Å². The lowest BCUT2D eigenvalue weighted by Crippen LogP contribution is -2.39. The predicted octanol–water partition coefficient (Wildman–Crippen LogP) is 4.59. The zero-order valence-electron chi connectivity index (χ0n) is 16.8. The van der Waals surface area contributed by atoms with Gasteiger partial charge in [-0.05, 0) is 49.4 Å². The Morgan fingerprint density at radius 1 is 1.17 bits per heavy atom. The van der Waals surface area contributed by atoms with Gasteiger partial charge in [0, 0.05) is 37.0 Å². The minimum absolute atomic E-state index is 0.0347. The van der Waals surface area contributed by atoms with Crippen molar-refractivity contribution in [3.63, 3.8) is 0 Å². The van der Waals surface area contributed by atoms with E-state index in [1.165, 1.54) is 4.70 Å². The van der Waals surface area contributed by atoms with Crippen LogP contribution in [0.15, 0.2) is 48.5 Å². The van der Waals surface area contributed by atoms with Crippen LogP contribution in [-0.4, -0.2) is 34.8 Å². The number of carbonyl (C=O) groups is 2. The van der Waals surface area contributed by atoms with Gasteiger partial charge in [-0.1, -0.05) is 30.3 Å². The van der Waals surface area contributed by atoms with Crippen molar-refractivity contribution in [2.45, 2.75) is 38.0 Å². The zero-order valence-corrected chi connectivity index (χ0v) is 17.7. The lowest BCUT2D eigenvalue weighted by atomic mass is 9.89. The molecule has 1 fully saturated rings. The number of nitrogens with zero attached hydrogens (tertiary/aromatic N) is 2. The fraction of sp³-hybridized carbons (Fsp3) is 0.375. The van der Waals surface area contributed by atoms with E-state index in [4.69, 9.17) is 4.98 Å². The number of piperidine rings is 1. The number of rotatable bonds is 4. The maximum absolute atomic E-state index is 12.9. The number of carbonyl (C=O) groups excluding carboxylic acids is 2. The third-order valence-electron chi connectivity index (χ3n) is 6.25. The predicted molar refractivity (Wildman–Crippen MR) is 120 cm³/mol. The highest BCUT2D eigenvalue weighted by Gasteiger charge is 2.30. The number of nitrogens with one attached hydrogen (secondary N) is 1. The maximum atomic E-state index is 12.9. The molecule has 5 rings (SSSR count). The second-order valence-electron chi connectivity index (χ2n) is 8.28. The van der Waals surface area contributed by atoms with E-state index in [2.05, 4.69) is 23.5 Å². The first kappa shape index (κ1) is 19.2. The third-order valence-corrected chi connectivity index (χ3v) is 7.45. The highest BCUT2D eigenvalue weighted by molar-refractivity contribution is 7.18. The summed E-state index contributed by atoms with van der Waals surface area (Å²) in [7, 11) is 0. The Morgan fingerprint density at radius 2 is 2.00 bits per heavy atom. The molecule has 0 bridgehead atoms. The summed E-state index contributed by atoms with van der Waals surface area (Å²) < 4.78 is 1.21. The van der Waals surface area contributed by atoms with Crippen molar-refractivity contribution in [3.05, 3.63) is 59.1 Å². The molecule has 154 valence electrons. The topological polar surface area (TPSA) is 62.3 Å². The standard InChI is InChI=1S/C24H25N3O2S/c28-22(12-11-17-14-16-6-1-2-8-19(16)25-23(17)29)27-13-5-7-18(15-27)24-26-20-9-3-4-10-21(20)30-24/h1-4,6,8-10,17-18H,5,7,11-15H2,(H,25,29)/t17-,18+/m0/s1. The smallest absolute Gasteiger partial charge is 0.227 e. The Hall–Kier alpha value is -2.73. The van der Waals surface area contributed by atoms with Crippen LogP contribution < -0.4 is 5.32 Å². The van der Waals surface area contributed by atoms with Gasteiger partial charge in [0.2, 0.25) is 11.8 Å². The summed E-state index contributed by atoms with van der Waals surface area (Å²) in [6, 6.07) is 16.1. The fourth-order valence-corrected chi connectivity index (χ4v) is 5.67. The SMILES string of the molecule is O=C1Nc2ccccc2C[C@@H]1CCC(=O)N1CCC[C@@H](c2nc3ccccc3s2)C1. The van der Waals surface area contributed by atoms with Crippen molar-refractivity contribution in [1.29, 1.82) is 0 Å². The number of benzene rings is 2. The maximum Gasteiger partial charge on any atom is 0.227 e. The summed E-state index contributed by atoms with van der Waals surface area (Å²) in [5, 5.41) is 4.12. The largest absolute Gasteiger partial charge is 0.342 e. The number of amides is 2. The summed E-state index contributed by atoms with van der Waals surface area (Å²) in [6.45, 7) is 1.54. The molecule has 2 aliphatic heterocycles. The quantitative estimate of drug-likeness (QED) is 0.673. The van der Waals surface area contributed by atoms with Crippen LogP contribution in [0, 0.1) is 5.92 Å². The van der Waals surface area contributed by atoms with Crippen LogP contribution in [0.25, 0.3) is 10.2 Å². The number of anilines is 1. The first-order chi connectivity index (χ1) is 14.7. The van der Waals surface area contributed by atoms with Crippen molar-refractivity contribution < 1.29 is 9.59 Å². The monoisotopic (exact) mass is 419 g/mol. The highest BCUT2D eigenvalue weighted by Crippen LogP contribution is 2.33. The molecule has 0 radical (unpaired) electrons. The summed E-state index contributed by atoms with van der Waals surface area (Å²) in [6.07, 6.45) is 3.81. The molecule has 5 nitrogen and oxygen atoms in total. The van der Waals surface area contributed by atoms with Crippen molar-refractivity contribution >= 4 is 39.1 Å². The molecule has 2 atom stereocenters. The number of hydrogen-bond acceptors (Lipinski definition) is 4. The number of thiazole rings is 1. The van der Waals surface area contributed by atoms with Crippen LogP contribution in [0.4, 0.5) is 5.69 Å². The molecular weight excluding hydrogens is 394 g/mol. The second-order valence-corrected chi connectivity index (χ2v) is 9.35. The van der Waals surface area contributed by atoms with Gasteiger partial charge in [0.1, 0.15) is 0 Å². The molecule has 30 heavy (non-hydrogen) atoms. The van der Waals surface area contributed by atoms with E-state index in [1.807, 2.05) is 35.2 Å². The average Bonchev–Trinajstić information content (AvgIpc) is 3.22. The Kier molecular flexibility index (Phi) is 5.25. The Bertz CT molecular complexity index is 1060. The Morgan fingerprint density at radius 3 is 2.90 bits per heavy atom. The summed E-state index contributed by atoms with van der Waals surface area (Å²) >= 11 is 1.75. The average molecular weight is 420 g/mol. The molecular formula is C24H25N3O2S. The zero-order chi connectivity index (χ0) is 20.5. The molecule has 3 heterocycles. The molecule has 0 spiro atoms. The number of aromatic nitrogens is 1. The number of likely N-dealkylation sites (tertiary alicyclic amines) is 1. The van der Waals surface area contributed by atoms with Crippen LogP contribution in [0.1, 0.15) is 42.2 Å². The van der Waals surface area contributed by atoms with E-state index in [0.717, 1.165) is 47.7 Å². The van der Waals surface area contributed by atoms with E-state index in [9.17, 15) is 9.59 Å². The van der Waals surface area contributed by atoms with Gasteiger partial charge in [0.25, 0.3) is 0 Å². The molecule has 1 aromatic heterocycles. The molecule has 0 saturated carbocycles. The summed E-state index contributed by atoms with van der Waals surface area (Å²) in [4.78, 5) is 32.1. The van der Waals surface area contributed by atoms with Crippen molar-refractivity contribution in [1.82, 2.24) is 9.88 Å². The molecule has 1 saturated heterocycles. The lowest BCUT2D eigenvalue weighted by molar-refractivity contribution is -0.133. The minimum atomic E-state index is -0.131. The Labute approximate surface area is 180 Å². The molecule has 1 N–H and O–H groups in total. The van der Waals surface area contributed by atoms with Crippen molar-refractivity contribution in [2.75, 3.05) is 18.4 Å². The number of hydrogen-bond donors (Lipinski definition) is 1. The summed E-state index contributed by atoms with van der Waals surface area (Å²) in [5.41, 5.74) is 3.10. The minimum Gasteiger partial charge on any atom is -0.342 e. The highest BCUT2D eigenvalue weighted by atomic mass is 32.1. The second kappa shape index (κ2) is 8.19. The number of fused-ring (bicyclic) bond motifs is 2. The molecule has 0 unspecified atom stereocenters. The first-order valence-corrected chi connectivity index (χ1v) is 11.5. The van der Waals surface area contributed by atoms with Crippen LogP contribution in [0.3, 0.4) is 0 Å². The summed E-state index contributed by atoms with van der Waals surface area (Å²) in [5.74, 6) is 0.374. The third kappa shape index (κ3) is 3.84. The van der Waals surface area contributed by atoms with Gasteiger partial charge in [-0.2, -0.15) is 0 Å². The first-order valence-electron chi connectivity index (χ1n) is 10.7. The lowest BCUT2D eigenvalue weighted by Gasteiger charge is -2.32. The van der Waals surface area contributed by atoms with E-state index in [-0.39, 0.29) is 17.7 Å². The molecule has 2 aromatic carbocycles. The van der Waals surface area contributed by atoms with Gasteiger partial charge in [-0.15, -0.1) is 11.3 Å². The van der Waals surface area contributed by atoms with E-state index in [0.29, 0.717) is 25.2 Å². The van der Waals surface area contributed by atoms with Gasteiger partial charge in [-0.25, -0.2) is 4.98 Å². The number of para-hydroxylation sites is 2. The molecule has 2 amide bonds. The molecule has 2 aliphatic rings. The van der Waals surface area contributed by atoms with Gasteiger partial charge < -0.3 is 10.2 Å². The normalized spacial score (nSPS) is 21.3. The van der Waals surface area contributed by atoms with E-state index in [1.54, 1.807) is 11.3 Å². The molecule has 0 aliphatic carbocycles. The van der Waals surface area contributed by atoms with Crippen molar-refractivity contribution in [2.24, 2.45) is 5.92 Å². The van der Waals surface area contributed by atoms with Gasteiger partial charge in [0.15, 0.2) is 0 Å². The van der Waals surface area contributed by atoms with E-state index < -0.39 is 0 Å². The van der Waals surface area contributed by atoms with Crippen LogP contribution in [0.2, 0.25) is 0 Å². The van der Waals surface area contributed by atoms with Crippen molar-refractivity contribution in [3.8, 4) is 0 Å². The van der Waals surface area contributed by atoms with Gasteiger partial charge >= 0.3 is 0 Å². The van der Waals surface area contributed by atoms with Crippen LogP contribution in [0.5, 0.6) is 0 Å². The molecule has 6 heteroatoms. The molecule has 3 aromatic rings. The Balaban J connectivity index is 1.20.